The van der Waals surface area contributed by atoms with Crippen molar-refractivity contribution in [2.24, 2.45) is 0 Å². The lowest BCUT2D eigenvalue weighted by molar-refractivity contribution is 0.102. The number of carbonyl (C=O) groups is 1. The predicted molar refractivity (Wildman–Crippen MR) is 105 cm³/mol. The highest BCUT2D eigenvalue weighted by Gasteiger charge is 2.14. The van der Waals surface area contributed by atoms with Crippen LogP contribution in [0, 0.1) is 7.14 Å². The highest BCUT2D eigenvalue weighted by atomic mass is 127. The summed E-state index contributed by atoms with van der Waals surface area (Å²) in [5.41, 5.74) is 2.82. The van der Waals surface area contributed by atoms with Crippen LogP contribution < -0.4 is 5.32 Å². The van der Waals surface area contributed by atoms with Gasteiger partial charge in [-0.1, -0.05) is 32.0 Å². The molecule has 0 saturated heterocycles. The van der Waals surface area contributed by atoms with Crippen LogP contribution in [0.25, 0.3) is 0 Å². The van der Waals surface area contributed by atoms with E-state index >= 15 is 0 Å². The van der Waals surface area contributed by atoms with Crippen molar-refractivity contribution in [1.82, 2.24) is 0 Å². The molecule has 0 heterocycles. The molecule has 0 unspecified atom stereocenters. The summed E-state index contributed by atoms with van der Waals surface area (Å²) in [5, 5.41) is 3.06. The van der Waals surface area contributed by atoms with Crippen molar-refractivity contribution in [2.75, 3.05) is 5.32 Å². The second-order valence-electron chi connectivity index (χ2n) is 4.97. The summed E-state index contributed by atoms with van der Waals surface area (Å²) in [6.45, 7) is 4.34. The molecule has 0 spiro atoms. The van der Waals surface area contributed by atoms with Gasteiger partial charge < -0.3 is 5.32 Å². The number of para-hydroxylation sites is 1. The second-order valence-corrected chi connectivity index (χ2v) is 7.38. The van der Waals surface area contributed by atoms with E-state index in [0.29, 0.717) is 5.92 Å². The molecule has 4 heteroatoms. The van der Waals surface area contributed by atoms with Gasteiger partial charge in [-0.25, -0.2) is 0 Å². The number of carbonyl (C=O) groups excluding carboxylic acids is 1. The Morgan fingerprint density at radius 1 is 1.19 bits per heavy atom. The molecule has 0 bridgehead atoms. The summed E-state index contributed by atoms with van der Waals surface area (Å²) in [7, 11) is 0. The van der Waals surface area contributed by atoms with Crippen LogP contribution in [-0.2, 0) is 0 Å². The summed E-state index contributed by atoms with van der Waals surface area (Å²) < 4.78 is 2.03. The molecule has 1 amide bonds. The predicted octanol–water partition coefficient (Wildman–Crippen LogP) is 5.66. The third-order valence-corrected chi connectivity index (χ3v) is 5.14. The van der Waals surface area contributed by atoms with Crippen LogP contribution >= 0.6 is 45.2 Å². The lowest BCUT2D eigenvalue weighted by atomic mass is 9.97. The minimum Gasteiger partial charge on any atom is -0.322 e. The van der Waals surface area contributed by atoms with Gasteiger partial charge in [-0.2, -0.15) is 0 Å². The Labute approximate surface area is 153 Å². The molecule has 0 aliphatic rings. The zero-order valence-corrected chi connectivity index (χ0v) is 16.3. The minimum absolute atomic E-state index is 0.0475. The molecule has 0 aromatic heterocycles. The van der Waals surface area contributed by atoms with Crippen LogP contribution in [0.4, 0.5) is 5.69 Å². The first-order valence-electron chi connectivity index (χ1n) is 6.88. The van der Waals surface area contributed by atoms with Crippen molar-refractivity contribution < 1.29 is 4.79 Å². The number of hydrogen-bond donors (Lipinski definition) is 1. The molecule has 2 aromatic carbocycles. The molecule has 0 aliphatic heterocycles. The van der Waals surface area contributed by atoms with E-state index in [2.05, 4.69) is 70.4 Å². The second kappa shape index (κ2) is 7.58. The fourth-order valence-electron chi connectivity index (χ4n) is 2.12. The van der Waals surface area contributed by atoms with Gasteiger partial charge in [0, 0.05) is 12.8 Å². The zero-order valence-electron chi connectivity index (χ0n) is 12.0. The third kappa shape index (κ3) is 4.18. The zero-order chi connectivity index (χ0) is 15.4. The summed E-state index contributed by atoms with van der Waals surface area (Å²) in [5.74, 6) is 0.380. The van der Waals surface area contributed by atoms with Crippen LogP contribution in [0.5, 0.6) is 0 Å². The SMILES string of the molecule is CC[C@@H](C)c1ccccc1NC(=O)c1cc(I)ccc1I. The van der Waals surface area contributed by atoms with E-state index in [4.69, 9.17) is 0 Å². The Balaban J connectivity index is 2.30. The van der Waals surface area contributed by atoms with Crippen molar-refractivity contribution in [3.63, 3.8) is 0 Å². The van der Waals surface area contributed by atoms with E-state index in [1.165, 1.54) is 5.56 Å². The number of rotatable bonds is 4. The highest BCUT2D eigenvalue weighted by Crippen LogP contribution is 2.27. The van der Waals surface area contributed by atoms with E-state index in [1.807, 2.05) is 36.4 Å². The van der Waals surface area contributed by atoms with Crippen molar-refractivity contribution in [1.29, 1.82) is 0 Å². The molecule has 0 aliphatic carbocycles. The average molecular weight is 505 g/mol. The summed E-state index contributed by atoms with van der Waals surface area (Å²) in [6, 6.07) is 13.9. The maximum Gasteiger partial charge on any atom is 0.256 e. The first kappa shape index (κ1) is 16.7. The monoisotopic (exact) mass is 505 g/mol. The van der Waals surface area contributed by atoms with Crippen LogP contribution in [0.3, 0.4) is 0 Å². The van der Waals surface area contributed by atoms with Crippen LogP contribution in [0.15, 0.2) is 42.5 Å². The van der Waals surface area contributed by atoms with Gasteiger partial charge in [-0.05, 0) is 87.3 Å². The minimum atomic E-state index is -0.0475. The fourth-order valence-corrected chi connectivity index (χ4v) is 3.19. The number of nitrogens with one attached hydrogen (secondary N) is 1. The molecule has 0 radical (unpaired) electrons. The topological polar surface area (TPSA) is 29.1 Å². The number of benzene rings is 2. The van der Waals surface area contributed by atoms with E-state index < -0.39 is 0 Å². The summed E-state index contributed by atoms with van der Waals surface area (Å²) in [6.07, 6.45) is 1.05. The van der Waals surface area contributed by atoms with Gasteiger partial charge in [0.2, 0.25) is 0 Å². The largest absolute Gasteiger partial charge is 0.322 e. The lowest BCUT2D eigenvalue weighted by Gasteiger charge is -2.16. The van der Waals surface area contributed by atoms with E-state index in [-0.39, 0.29) is 5.91 Å². The number of anilines is 1. The first-order chi connectivity index (χ1) is 10.0. The summed E-state index contributed by atoms with van der Waals surface area (Å²) in [4.78, 5) is 12.5. The van der Waals surface area contributed by atoms with Crippen LogP contribution in [0.2, 0.25) is 0 Å². The fraction of sp³-hybridized carbons (Fsp3) is 0.235. The number of hydrogen-bond acceptors (Lipinski definition) is 1. The average Bonchev–Trinajstić information content (AvgIpc) is 2.49. The molecule has 1 atom stereocenters. The highest BCUT2D eigenvalue weighted by molar-refractivity contribution is 14.1. The van der Waals surface area contributed by atoms with Gasteiger partial charge in [0.1, 0.15) is 0 Å². The lowest BCUT2D eigenvalue weighted by Crippen LogP contribution is -2.15. The van der Waals surface area contributed by atoms with Gasteiger partial charge in [-0.3, -0.25) is 4.79 Å². The molecule has 2 rings (SSSR count). The Bertz CT molecular complexity index is 655. The molecule has 110 valence electrons. The van der Waals surface area contributed by atoms with Crippen molar-refractivity contribution in [3.05, 3.63) is 60.7 Å². The van der Waals surface area contributed by atoms with Gasteiger partial charge in [-0.15, -0.1) is 0 Å². The molecule has 0 fully saturated rings. The van der Waals surface area contributed by atoms with Gasteiger partial charge >= 0.3 is 0 Å². The standard InChI is InChI=1S/C17H17I2NO/c1-3-11(2)13-6-4-5-7-16(13)20-17(21)14-10-12(18)8-9-15(14)19/h4-11H,3H2,1-2H3,(H,20,21)/t11-/m1/s1. The van der Waals surface area contributed by atoms with Crippen molar-refractivity contribution in [2.45, 2.75) is 26.2 Å². The number of halogens is 2. The molecule has 2 aromatic rings. The molecular formula is C17H17I2NO. The third-order valence-electron chi connectivity index (χ3n) is 3.53. The molecule has 21 heavy (non-hydrogen) atoms. The van der Waals surface area contributed by atoms with Gasteiger partial charge in [0.15, 0.2) is 0 Å². The Morgan fingerprint density at radius 2 is 1.90 bits per heavy atom. The molecule has 1 N–H and O–H groups in total. The summed E-state index contributed by atoms with van der Waals surface area (Å²) >= 11 is 4.43. The van der Waals surface area contributed by atoms with Crippen molar-refractivity contribution >= 4 is 56.8 Å². The molecular weight excluding hydrogens is 488 g/mol. The Morgan fingerprint density at radius 3 is 2.62 bits per heavy atom. The first-order valence-corrected chi connectivity index (χ1v) is 9.04. The maximum absolute atomic E-state index is 12.5. The van der Waals surface area contributed by atoms with Crippen LogP contribution in [0.1, 0.15) is 42.1 Å². The van der Waals surface area contributed by atoms with E-state index in [9.17, 15) is 4.79 Å². The molecule has 0 saturated carbocycles. The molecule has 2 nitrogen and oxygen atoms in total. The quantitative estimate of drug-likeness (QED) is 0.535. The normalized spacial score (nSPS) is 12.0. The smallest absolute Gasteiger partial charge is 0.256 e. The number of amides is 1. The van der Waals surface area contributed by atoms with E-state index in [1.54, 1.807) is 0 Å². The van der Waals surface area contributed by atoms with Crippen molar-refractivity contribution in [3.8, 4) is 0 Å². The van der Waals surface area contributed by atoms with E-state index in [0.717, 1.165) is 24.8 Å². The van der Waals surface area contributed by atoms with Gasteiger partial charge in [0.05, 0.1) is 5.56 Å². The Hall–Kier alpha value is -0.630. The van der Waals surface area contributed by atoms with Crippen LogP contribution in [-0.4, -0.2) is 5.91 Å². The Kier molecular flexibility index (Phi) is 6.04. The van der Waals surface area contributed by atoms with Gasteiger partial charge in [0.25, 0.3) is 5.91 Å². The maximum atomic E-state index is 12.5.